The molecule has 490 valence electrons. The van der Waals surface area contributed by atoms with Crippen LogP contribution >= 0.6 is 0 Å². The van der Waals surface area contributed by atoms with E-state index in [0.29, 0.717) is 19.3 Å². The maximum Gasteiger partial charge on any atom is 0.306 e. The molecular formula is C77H146O6. The van der Waals surface area contributed by atoms with E-state index in [4.69, 9.17) is 14.2 Å². The van der Waals surface area contributed by atoms with E-state index in [1.165, 1.54) is 321 Å². The molecule has 0 saturated carbocycles. The molecule has 6 heteroatoms. The highest BCUT2D eigenvalue weighted by Gasteiger charge is 2.20. The quantitative estimate of drug-likeness (QED) is 0.0261. The first-order chi connectivity index (χ1) is 41.0. The van der Waals surface area contributed by atoms with Gasteiger partial charge in [-0.2, -0.15) is 0 Å². The standard InChI is InChI=1S/C77H146O6/c1-4-7-10-13-16-19-22-25-28-29-30-31-32-33-34-35-36-37-38-39-40-41-42-43-44-45-46-47-50-52-55-58-61-64-67-70-76(79)82-73-74(83-77(80)71-68-65-62-59-56-53-49-27-24-21-18-15-12-9-6-3)72-81-75(78)69-66-63-60-57-54-51-48-26-23-20-17-14-11-8-5-2/h26-27,48-49,74H,4-25,28-47,50-73H2,1-3H3/b48-26-,49-27-. The minimum absolute atomic E-state index is 0.0721. The SMILES string of the molecule is CCCCCCCC/C=C\CCCCCCCC(=O)OCC(COC(=O)CCCCCCCCCCCCCCCCCCCCCCCCCCCCCCCCCCCCC)OC(=O)CCCCCCC/C=C\CCCCCCCC. The van der Waals surface area contributed by atoms with Gasteiger partial charge in [0, 0.05) is 19.3 Å². The van der Waals surface area contributed by atoms with Gasteiger partial charge in [0.25, 0.3) is 0 Å². The number of carbonyl (C=O) groups is 3. The second-order valence-electron chi connectivity index (χ2n) is 25.9. The molecule has 0 saturated heterocycles. The Morgan fingerprint density at radius 2 is 0.398 bits per heavy atom. The van der Waals surface area contributed by atoms with Crippen LogP contribution in [0.15, 0.2) is 24.3 Å². The largest absolute Gasteiger partial charge is 0.462 e. The number of hydrogen-bond donors (Lipinski definition) is 0. The maximum absolute atomic E-state index is 12.9. The van der Waals surface area contributed by atoms with Crippen molar-refractivity contribution in [1.82, 2.24) is 0 Å². The van der Waals surface area contributed by atoms with E-state index < -0.39 is 6.10 Å². The molecule has 0 aliphatic heterocycles. The van der Waals surface area contributed by atoms with E-state index in [-0.39, 0.29) is 31.1 Å². The molecule has 0 aliphatic carbocycles. The van der Waals surface area contributed by atoms with E-state index in [2.05, 4.69) is 45.1 Å². The smallest absolute Gasteiger partial charge is 0.306 e. The first-order valence-corrected chi connectivity index (χ1v) is 37.8. The zero-order valence-electron chi connectivity index (χ0n) is 56.5. The van der Waals surface area contributed by atoms with Crippen LogP contribution in [-0.4, -0.2) is 37.2 Å². The van der Waals surface area contributed by atoms with Crippen molar-refractivity contribution in [3.05, 3.63) is 24.3 Å². The van der Waals surface area contributed by atoms with Crippen LogP contribution in [0.4, 0.5) is 0 Å². The molecular weight excluding hydrogens is 1020 g/mol. The predicted molar refractivity (Wildman–Crippen MR) is 363 cm³/mol. The Morgan fingerprint density at radius 1 is 0.229 bits per heavy atom. The van der Waals surface area contributed by atoms with Crippen LogP contribution in [0.5, 0.6) is 0 Å². The summed E-state index contributed by atoms with van der Waals surface area (Å²) in [5, 5.41) is 0. The summed E-state index contributed by atoms with van der Waals surface area (Å²) in [6.07, 6.45) is 89.6. The Hall–Kier alpha value is -2.11. The fraction of sp³-hybridized carbons (Fsp3) is 0.909. The lowest BCUT2D eigenvalue weighted by Crippen LogP contribution is -2.30. The molecule has 83 heavy (non-hydrogen) atoms. The van der Waals surface area contributed by atoms with Gasteiger partial charge < -0.3 is 14.2 Å². The molecule has 0 N–H and O–H groups in total. The summed E-state index contributed by atoms with van der Waals surface area (Å²) in [5.41, 5.74) is 0. The number of allylic oxidation sites excluding steroid dienone is 4. The van der Waals surface area contributed by atoms with E-state index in [0.717, 1.165) is 70.6 Å². The molecule has 0 aromatic carbocycles. The molecule has 1 unspecified atom stereocenters. The summed E-state index contributed by atoms with van der Waals surface area (Å²) >= 11 is 0. The third-order valence-electron chi connectivity index (χ3n) is 17.4. The monoisotopic (exact) mass is 1170 g/mol. The van der Waals surface area contributed by atoms with E-state index >= 15 is 0 Å². The molecule has 0 rings (SSSR count). The molecule has 0 aromatic heterocycles. The number of esters is 3. The summed E-state index contributed by atoms with van der Waals surface area (Å²) in [6, 6.07) is 0. The molecule has 0 spiro atoms. The lowest BCUT2D eigenvalue weighted by atomic mass is 10.0. The highest BCUT2D eigenvalue weighted by atomic mass is 16.6. The minimum atomic E-state index is -0.777. The number of ether oxygens (including phenoxy) is 3. The number of carbonyl (C=O) groups excluding carboxylic acids is 3. The van der Waals surface area contributed by atoms with Gasteiger partial charge in [0.15, 0.2) is 6.10 Å². The van der Waals surface area contributed by atoms with Crippen molar-refractivity contribution in [2.24, 2.45) is 0 Å². The molecule has 0 heterocycles. The van der Waals surface area contributed by atoms with Gasteiger partial charge in [0.05, 0.1) is 0 Å². The van der Waals surface area contributed by atoms with E-state index in [1.54, 1.807) is 0 Å². The third kappa shape index (κ3) is 70.5. The predicted octanol–water partition coefficient (Wildman–Crippen LogP) is 26.1. The second kappa shape index (κ2) is 72.4. The zero-order valence-corrected chi connectivity index (χ0v) is 56.5. The molecule has 0 aromatic rings. The van der Waals surface area contributed by atoms with Gasteiger partial charge in [0.1, 0.15) is 13.2 Å². The zero-order chi connectivity index (χ0) is 59.9. The van der Waals surface area contributed by atoms with Crippen molar-refractivity contribution in [2.45, 2.75) is 438 Å². The van der Waals surface area contributed by atoms with Gasteiger partial charge in [-0.05, 0) is 70.6 Å². The van der Waals surface area contributed by atoms with Crippen LogP contribution in [0.25, 0.3) is 0 Å². The van der Waals surface area contributed by atoms with Crippen LogP contribution in [0.3, 0.4) is 0 Å². The average molecular weight is 1170 g/mol. The topological polar surface area (TPSA) is 78.9 Å². The second-order valence-corrected chi connectivity index (χ2v) is 25.9. The van der Waals surface area contributed by atoms with Crippen LogP contribution in [0.2, 0.25) is 0 Å². The van der Waals surface area contributed by atoms with Gasteiger partial charge >= 0.3 is 17.9 Å². The number of rotatable bonds is 71. The van der Waals surface area contributed by atoms with Crippen LogP contribution < -0.4 is 0 Å². The molecule has 1 atom stereocenters. The summed E-state index contributed by atoms with van der Waals surface area (Å²) < 4.78 is 17.0. The molecule has 0 bridgehead atoms. The molecule has 0 fully saturated rings. The first kappa shape index (κ1) is 80.9. The van der Waals surface area contributed by atoms with Crippen molar-refractivity contribution < 1.29 is 28.6 Å². The number of hydrogen-bond acceptors (Lipinski definition) is 6. The fourth-order valence-corrected chi connectivity index (χ4v) is 11.7. The Morgan fingerprint density at radius 3 is 0.602 bits per heavy atom. The lowest BCUT2D eigenvalue weighted by molar-refractivity contribution is -0.167. The molecule has 0 amide bonds. The Labute approximate surface area is 519 Å². The van der Waals surface area contributed by atoms with E-state index in [9.17, 15) is 14.4 Å². The normalized spacial score (nSPS) is 12.1. The third-order valence-corrected chi connectivity index (χ3v) is 17.4. The first-order valence-electron chi connectivity index (χ1n) is 37.8. The molecule has 0 radical (unpaired) electrons. The fourth-order valence-electron chi connectivity index (χ4n) is 11.7. The highest BCUT2D eigenvalue weighted by Crippen LogP contribution is 2.19. The van der Waals surface area contributed by atoms with Gasteiger partial charge in [-0.15, -0.1) is 0 Å². The Balaban J connectivity index is 4.06. The van der Waals surface area contributed by atoms with Gasteiger partial charge in [-0.3, -0.25) is 14.4 Å². The maximum atomic E-state index is 12.9. The lowest BCUT2D eigenvalue weighted by Gasteiger charge is -2.18. The Bertz CT molecular complexity index is 1340. The highest BCUT2D eigenvalue weighted by molar-refractivity contribution is 5.71. The van der Waals surface area contributed by atoms with Crippen molar-refractivity contribution in [2.75, 3.05) is 13.2 Å². The van der Waals surface area contributed by atoms with E-state index in [1.807, 2.05) is 0 Å². The van der Waals surface area contributed by atoms with Crippen LogP contribution in [0, 0.1) is 0 Å². The average Bonchev–Trinajstić information content (AvgIpc) is 3.49. The van der Waals surface area contributed by atoms with Crippen molar-refractivity contribution in [3.8, 4) is 0 Å². The summed E-state index contributed by atoms with van der Waals surface area (Å²) in [5.74, 6) is -0.860. The minimum Gasteiger partial charge on any atom is -0.462 e. The van der Waals surface area contributed by atoms with Gasteiger partial charge in [-0.25, -0.2) is 0 Å². The van der Waals surface area contributed by atoms with Crippen LogP contribution in [0.1, 0.15) is 432 Å². The summed E-state index contributed by atoms with van der Waals surface area (Å²) in [4.78, 5) is 38.4. The van der Waals surface area contributed by atoms with Gasteiger partial charge in [0.2, 0.25) is 0 Å². The van der Waals surface area contributed by atoms with Gasteiger partial charge in [-0.1, -0.05) is 366 Å². The Kier molecular flexibility index (Phi) is 70.5. The molecule has 6 nitrogen and oxygen atoms in total. The number of unbranched alkanes of at least 4 members (excludes halogenated alkanes) is 56. The van der Waals surface area contributed by atoms with Crippen LogP contribution in [-0.2, 0) is 28.6 Å². The van der Waals surface area contributed by atoms with Crippen molar-refractivity contribution >= 4 is 17.9 Å². The van der Waals surface area contributed by atoms with Crippen molar-refractivity contribution in [3.63, 3.8) is 0 Å². The summed E-state index contributed by atoms with van der Waals surface area (Å²) in [6.45, 7) is 6.69. The summed E-state index contributed by atoms with van der Waals surface area (Å²) in [7, 11) is 0. The van der Waals surface area contributed by atoms with Crippen molar-refractivity contribution in [1.29, 1.82) is 0 Å². The molecule has 0 aliphatic rings.